The minimum atomic E-state index is -4.79. The van der Waals surface area contributed by atoms with Crippen LogP contribution in [0.2, 0.25) is 0 Å². The van der Waals surface area contributed by atoms with E-state index in [1.807, 2.05) is 0 Å². The number of methoxy groups -OCH3 is 2. The lowest BCUT2D eigenvalue weighted by atomic mass is 9.76. The van der Waals surface area contributed by atoms with Gasteiger partial charge in [0.05, 0.1) is 19.7 Å². The molecule has 1 N–H and O–H groups in total. The van der Waals surface area contributed by atoms with Crippen LogP contribution in [0.1, 0.15) is 37.1 Å². The van der Waals surface area contributed by atoms with Crippen molar-refractivity contribution in [1.29, 1.82) is 0 Å². The van der Waals surface area contributed by atoms with E-state index in [2.05, 4.69) is 9.97 Å². The van der Waals surface area contributed by atoms with Crippen LogP contribution in [-0.2, 0) is 4.74 Å². The third kappa shape index (κ3) is 3.58. The Hall–Kier alpha value is -3.21. The van der Waals surface area contributed by atoms with Gasteiger partial charge in [0.15, 0.2) is 17.2 Å². The molecule has 0 saturated carbocycles. The number of nitrogens with one attached hydrogen (secondary N) is 1. The lowest BCUT2D eigenvalue weighted by Crippen LogP contribution is -2.46. The number of pyridine rings is 2. The summed E-state index contributed by atoms with van der Waals surface area (Å²) in [6, 6.07) is 6.06. The molecule has 1 aromatic carbocycles. The first kappa shape index (κ1) is 23.9. The molecule has 6 nitrogen and oxygen atoms in total. The first-order chi connectivity index (χ1) is 15.9. The molecular weight excluding hydrogens is 463 g/mol. The number of halogens is 5. The molecule has 0 spiro atoms. The van der Waals surface area contributed by atoms with Gasteiger partial charge < -0.3 is 19.2 Å². The van der Waals surface area contributed by atoms with Gasteiger partial charge in [-0.25, -0.2) is 9.37 Å². The highest BCUT2D eigenvalue weighted by Crippen LogP contribution is 2.59. The summed E-state index contributed by atoms with van der Waals surface area (Å²) in [4.78, 5) is 19.8. The third-order valence-corrected chi connectivity index (χ3v) is 6.50. The van der Waals surface area contributed by atoms with E-state index in [1.54, 1.807) is 0 Å². The summed E-state index contributed by atoms with van der Waals surface area (Å²) in [7, 11) is 2.47. The average molecular weight is 484 g/mol. The number of rotatable bonds is 4. The summed E-state index contributed by atoms with van der Waals surface area (Å²) >= 11 is 0. The van der Waals surface area contributed by atoms with Crippen molar-refractivity contribution in [2.24, 2.45) is 5.92 Å². The van der Waals surface area contributed by atoms with Gasteiger partial charge >= 0.3 is 6.18 Å². The molecule has 4 atom stereocenters. The third-order valence-electron chi connectivity index (χ3n) is 6.50. The quantitative estimate of drug-likeness (QED) is 0.526. The maximum absolute atomic E-state index is 14.5. The number of benzene rings is 1. The summed E-state index contributed by atoms with van der Waals surface area (Å²) in [6.07, 6.45) is -6.16. The van der Waals surface area contributed by atoms with Crippen molar-refractivity contribution in [1.82, 2.24) is 9.97 Å². The number of aromatic amines is 1. The van der Waals surface area contributed by atoms with Crippen LogP contribution in [0.5, 0.6) is 11.6 Å². The molecule has 3 aromatic rings. The first-order valence-electron chi connectivity index (χ1n) is 10.3. The van der Waals surface area contributed by atoms with Crippen LogP contribution >= 0.6 is 0 Å². The van der Waals surface area contributed by atoms with Crippen LogP contribution in [0.4, 0.5) is 22.0 Å². The Morgan fingerprint density at radius 3 is 2.44 bits per heavy atom. The predicted octanol–water partition coefficient (Wildman–Crippen LogP) is 5.03. The summed E-state index contributed by atoms with van der Waals surface area (Å²) in [5.41, 5.74) is -2.94. The van der Waals surface area contributed by atoms with E-state index in [-0.39, 0.29) is 28.2 Å². The Balaban J connectivity index is 1.94. The second-order valence-electron chi connectivity index (χ2n) is 8.28. The zero-order chi connectivity index (χ0) is 25.0. The van der Waals surface area contributed by atoms with E-state index >= 15 is 0 Å². The minimum absolute atomic E-state index is 0.0133. The van der Waals surface area contributed by atoms with E-state index < -0.39 is 52.5 Å². The first-order valence-corrected chi connectivity index (χ1v) is 10.3. The molecule has 11 heteroatoms. The molecule has 0 radical (unpaired) electrons. The molecular formula is C23H21F5N2O4. The molecule has 1 fully saturated rings. The second-order valence-corrected chi connectivity index (χ2v) is 8.28. The van der Waals surface area contributed by atoms with Gasteiger partial charge in [0.2, 0.25) is 17.1 Å². The number of ether oxygens (including phenoxy) is 3. The minimum Gasteiger partial charge on any atom is -0.493 e. The van der Waals surface area contributed by atoms with Crippen molar-refractivity contribution in [3.05, 3.63) is 63.4 Å². The van der Waals surface area contributed by atoms with Crippen LogP contribution in [0, 0.1) is 17.6 Å². The topological polar surface area (TPSA) is 73.4 Å². The van der Waals surface area contributed by atoms with Crippen LogP contribution in [0.3, 0.4) is 0 Å². The van der Waals surface area contributed by atoms with Gasteiger partial charge in [-0.05, 0) is 19.1 Å². The largest absolute Gasteiger partial charge is 0.493 e. The Bertz CT molecular complexity index is 1310. The molecule has 0 amide bonds. The maximum Gasteiger partial charge on any atom is 0.417 e. The van der Waals surface area contributed by atoms with Gasteiger partial charge in [0.1, 0.15) is 11.6 Å². The zero-order valence-electron chi connectivity index (χ0n) is 18.6. The Morgan fingerprint density at radius 2 is 1.82 bits per heavy atom. The fraction of sp³-hybridized carbons (Fsp3) is 0.391. The lowest BCUT2D eigenvalue weighted by Gasteiger charge is -2.32. The van der Waals surface area contributed by atoms with E-state index in [1.165, 1.54) is 32.2 Å². The molecule has 3 heterocycles. The number of fused-ring (bicyclic) bond motifs is 1. The van der Waals surface area contributed by atoms with Crippen molar-refractivity contribution < 1.29 is 36.2 Å². The molecule has 0 bridgehead atoms. The number of hydrogen-bond acceptors (Lipinski definition) is 5. The fourth-order valence-corrected chi connectivity index (χ4v) is 4.48. The zero-order valence-corrected chi connectivity index (χ0v) is 18.6. The summed E-state index contributed by atoms with van der Waals surface area (Å²) in [5, 5.41) is 0. The number of aromatic nitrogens is 2. The van der Waals surface area contributed by atoms with Crippen molar-refractivity contribution in [3.63, 3.8) is 0 Å². The van der Waals surface area contributed by atoms with E-state index in [0.29, 0.717) is 0 Å². The van der Waals surface area contributed by atoms with Crippen LogP contribution in [0.15, 0.2) is 35.1 Å². The van der Waals surface area contributed by atoms with Crippen molar-refractivity contribution >= 4 is 11.0 Å². The number of hydrogen-bond donors (Lipinski definition) is 1. The molecule has 1 aliphatic rings. The van der Waals surface area contributed by atoms with Gasteiger partial charge in [0.25, 0.3) is 0 Å². The van der Waals surface area contributed by atoms with E-state index in [4.69, 9.17) is 14.2 Å². The van der Waals surface area contributed by atoms with Crippen LogP contribution in [-0.4, -0.2) is 36.0 Å². The normalized spacial score (nSPS) is 25.0. The van der Waals surface area contributed by atoms with Crippen LogP contribution in [0.25, 0.3) is 11.0 Å². The Labute approximate surface area is 190 Å². The van der Waals surface area contributed by atoms with E-state index in [9.17, 15) is 26.7 Å². The van der Waals surface area contributed by atoms with Crippen molar-refractivity contribution in [2.45, 2.75) is 37.6 Å². The molecule has 34 heavy (non-hydrogen) atoms. The SMILES string of the molecule is COc1ccc2[nH]c([C@@H]3O[C@@](C)(C(F)(F)F)[C@@H](C)[C@H]3c3ccc(F)c(F)c3OC)cc(=O)c2n1. The highest BCUT2D eigenvalue weighted by Gasteiger charge is 2.65. The summed E-state index contributed by atoms with van der Waals surface area (Å²) in [6.45, 7) is 2.20. The maximum atomic E-state index is 14.5. The fourth-order valence-electron chi connectivity index (χ4n) is 4.48. The number of nitrogens with zero attached hydrogens (tertiary/aromatic N) is 1. The molecule has 0 unspecified atom stereocenters. The molecule has 182 valence electrons. The molecule has 4 rings (SSSR count). The van der Waals surface area contributed by atoms with Gasteiger partial charge in [0, 0.05) is 35.2 Å². The Kier molecular flexibility index (Phi) is 5.79. The number of alkyl halides is 3. The molecule has 2 aromatic heterocycles. The van der Waals surface area contributed by atoms with Gasteiger partial charge in [-0.1, -0.05) is 13.0 Å². The van der Waals surface area contributed by atoms with Crippen molar-refractivity contribution in [3.8, 4) is 11.6 Å². The summed E-state index contributed by atoms with van der Waals surface area (Å²) in [5.74, 6) is -5.27. The van der Waals surface area contributed by atoms with E-state index in [0.717, 1.165) is 26.2 Å². The predicted molar refractivity (Wildman–Crippen MR) is 112 cm³/mol. The van der Waals surface area contributed by atoms with Gasteiger partial charge in [-0.15, -0.1) is 0 Å². The Morgan fingerprint density at radius 1 is 1.12 bits per heavy atom. The summed E-state index contributed by atoms with van der Waals surface area (Å²) < 4.78 is 86.4. The highest BCUT2D eigenvalue weighted by molar-refractivity contribution is 5.74. The number of H-pyrrole nitrogens is 1. The smallest absolute Gasteiger partial charge is 0.417 e. The average Bonchev–Trinajstić information content (AvgIpc) is 3.07. The lowest BCUT2D eigenvalue weighted by molar-refractivity contribution is -0.275. The van der Waals surface area contributed by atoms with Gasteiger partial charge in [-0.3, -0.25) is 4.79 Å². The van der Waals surface area contributed by atoms with Crippen LogP contribution < -0.4 is 14.9 Å². The molecule has 1 aliphatic heterocycles. The molecule has 0 aliphatic carbocycles. The monoisotopic (exact) mass is 484 g/mol. The van der Waals surface area contributed by atoms with Gasteiger partial charge in [-0.2, -0.15) is 17.6 Å². The van der Waals surface area contributed by atoms with Crippen molar-refractivity contribution in [2.75, 3.05) is 14.2 Å². The highest BCUT2D eigenvalue weighted by atomic mass is 19.4. The second kappa shape index (κ2) is 8.23. The molecule has 1 saturated heterocycles. The standard InChI is InChI=1S/C23H21F5N2O4/c1-10-17(11-5-6-12(24)18(25)20(11)33-4)21(34-22(10,2)23(26,27)28)14-9-15(31)19-13(29-14)7-8-16(30-19)32-3/h5-10,17,21H,1-4H3,(H,29,31)/t10-,17-,21-,22+/m0/s1.